The first-order chi connectivity index (χ1) is 33.1. The summed E-state index contributed by atoms with van der Waals surface area (Å²) in [5.41, 5.74) is 14.9. The Hall–Kier alpha value is -8.32. The third-order valence-corrected chi connectivity index (χ3v) is 19.2. The molecule has 0 spiro atoms. The number of para-hydroxylation sites is 2. The normalized spacial score (nSPS) is 15.7. The number of amidine groups is 1. The fourth-order valence-corrected chi connectivity index (χ4v) is 16.8. The molecule has 3 aromatic heterocycles. The van der Waals surface area contributed by atoms with Crippen LogP contribution in [0.3, 0.4) is 0 Å². The maximum absolute atomic E-state index is 5.49. The molecule has 6 heteroatoms. The van der Waals surface area contributed by atoms with E-state index >= 15 is 0 Å². The molecule has 0 aliphatic carbocycles. The molecule has 1 unspecified atom stereocenters. The molecule has 5 nitrogen and oxygen atoms in total. The molecule has 2 aliphatic rings. The molecule has 12 aromatic rings. The summed E-state index contributed by atoms with van der Waals surface area (Å²) >= 11 is 0. The van der Waals surface area contributed by atoms with Gasteiger partial charge < -0.3 is 13.0 Å². The molecule has 0 N–H and O–H groups in total. The Morgan fingerprint density at radius 3 is 1.45 bits per heavy atom. The summed E-state index contributed by atoms with van der Waals surface area (Å²) in [6.45, 7) is 4.50. The van der Waals surface area contributed by atoms with Gasteiger partial charge in [0.15, 0.2) is 5.84 Å². The number of aromatic nitrogens is 3. The minimum atomic E-state index is -3.24. The summed E-state index contributed by atoms with van der Waals surface area (Å²) < 4.78 is 8.16. The largest absolute Gasteiger partial charge is 0.341 e. The fourth-order valence-electron chi connectivity index (χ4n) is 11.7. The summed E-state index contributed by atoms with van der Waals surface area (Å²) in [6, 6.07) is 80.5. The van der Waals surface area contributed by atoms with Gasteiger partial charge in [0, 0.05) is 66.1 Å². The van der Waals surface area contributed by atoms with Crippen LogP contribution < -0.4 is 10.4 Å². The molecular formula is C61H43N5Si. The van der Waals surface area contributed by atoms with Gasteiger partial charge >= 0.3 is 8.40 Å². The molecule has 2 aliphatic heterocycles. The van der Waals surface area contributed by atoms with Gasteiger partial charge in [-0.15, -0.1) is 0 Å². The van der Waals surface area contributed by atoms with Gasteiger partial charge in [-0.1, -0.05) is 189 Å². The van der Waals surface area contributed by atoms with E-state index in [2.05, 4.69) is 239 Å². The molecule has 0 saturated carbocycles. The van der Waals surface area contributed by atoms with Crippen molar-refractivity contribution in [2.24, 2.45) is 15.9 Å². The fraction of sp³-hybridized carbons (Fsp3) is 0.0492. The molecule has 14 rings (SSSR count). The molecule has 5 heterocycles. The van der Waals surface area contributed by atoms with Gasteiger partial charge in [0.1, 0.15) is 0 Å². The maximum atomic E-state index is 5.49. The molecular weight excluding hydrogens is 831 g/mol. The van der Waals surface area contributed by atoms with E-state index in [-0.39, 0.29) is 5.92 Å². The van der Waals surface area contributed by atoms with E-state index in [1.54, 1.807) is 0 Å². The van der Waals surface area contributed by atoms with Gasteiger partial charge in [0.2, 0.25) is 0 Å². The van der Waals surface area contributed by atoms with Crippen molar-refractivity contribution in [3.63, 3.8) is 0 Å². The van der Waals surface area contributed by atoms with E-state index in [0.29, 0.717) is 0 Å². The Labute approximate surface area is 388 Å². The number of hydrogen-bond donors (Lipinski definition) is 0. The average Bonchev–Trinajstić information content (AvgIpc) is 3.98. The van der Waals surface area contributed by atoms with Crippen LogP contribution in [0.1, 0.15) is 30.5 Å². The maximum Gasteiger partial charge on any atom is 0.340 e. The summed E-state index contributed by atoms with van der Waals surface area (Å²) in [6.07, 6.45) is 0. The molecule has 0 saturated heterocycles. The molecule has 0 fully saturated rings. The van der Waals surface area contributed by atoms with Crippen molar-refractivity contribution in [3.05, 3.63) is 241 Å². The summed E-state index contributed by atoms with van der Waals surface area (Å²) in [5.74, 6) is 0.749. The summed E-state index contributed by atoms with van der Waals surface area (Å²) in [5, 5.41) is 10.3. The van der Waals surface area contributed by atoms with E-state index < -0.39 is 8.40 Å². The number of hydrogen-bond acceptors (Lipinski definition) is 2. The highest BCUT2D eigenvalue weighted by Gasteiger charge is 2.49. The van der Waals surface area contributed by atoms with Crippen LogP contribution in [0.5, 0.6) is 0 Å². The minimum absolute atomic E-state index is 0.0289. The second-order valence-corrected chi connectivity index (χ2v) is 21.5. The summed E-state index contributed by atoms with van der Waals surface area (Å²) in [4.78, 5) is 10.8. The van der Waals surface area contributed by atoms with Crippen molar-refractivity contribution in [2.45, 2.75) is 13.8 Å². The number of nitrogens with zero attached hydrogens (tertiary/aromatic N) is 5. The highest BCUT2D eigenvalue weighted by atomic mass is 28.3. The molecule has 9 aromatic carbocycles. The van der Waals surface area contributed by atoms with Crippen molar-refractivity contribution in [1.82, 2.24) is 13.0 Å². The van der Waals surface area contributed by atoms with E-state index in [1.165, 1.54) is 81.4 Å². The zero-order valence-corrected chi connectivity index (χ0v) is 38.1. The van der Waals surface area contributed by atoms with Crippen LogP contribution in [0, 0.1) is 5.92 Å². The van der Waals surface area contributed by atoms with Crippen LogP contribution in [0.15, 0.2) is 234 Å². The van der Waals surface area contributed by atoms with Gasteiger partial charge in [0.25, 0.3) is 0 Å². The van der Waals surface area contributed by atoms with Crippen LogP contribution in [0.25, 0.3) is 76.8 Å². The van der Waals surface area contributed by atoms with Gasteiger partial charge in [0.05, 0.1) is 33.5 Å². The molecule has 0 radical (unpaired) electrons. The second-order valence-electron chi connectivity index (χ2n) is 18.1. The Bertz CT molecular complexity index is 3920. The second kappa shape index (κ2) is 14.3. The van der Waals surface area contributed by atoms with Crippen LogP contribution in [-0.2, 0) is 0 Å². The number of benzene rings is 9. The lowest BCUT2D eigenvalue weighted by molar-refractivity contribution is 0.918. The van der Waals surface area contributed by atoms with E-state index in [0.717, 1.165) is 39.6 Å². The SMILES string of the molecule is CC1=C(c2cccc(-n3c4ccc5c6ccccc6n6c5c4c4c3ccc3c5ccccc5n(c34)[Si]6(c3ccccc3)c3ccccc3)c2)N=C(c2ccccc2)N=C(c2ccccc2)C1C. The highest BCUT2D eigenvalue weighted by molar-refractivity contribution is 7.02. The minimum Gasteiger partial charge on any atom is -0.341 e. The zero-order valence-electron chi connectivity index (χ0n) is 37.1. The Balaban J connectivity index is 1.11. The van der Waals surface area contributed by atoms with Crippen LogP contribution in [0.4, 0.5) is 0 Å². The Morgan fingerprint density at radius 2 is 0.896 bits per heavy atom. The third kappa shape index (κ3) is 5.19. The van der Waals surface area contributed by atoms with Gasteiger partial charge in [-0.25, -0.2) is 9.98 Å². The molecule has 0 bridgehead atoms. The van der Waals surface area contributed by atoms with Gasteiger partial charge in [-0.2, -0.15) is 0 Å². The van der Waals surface area contributed by atoms with Crippen molar-refractivity contribution < 1.29 is 0 Å². The van der Waals surface area contributed by atoms with Crippen molar-refractivity contribution in [1.29, 1.82) is 0 Å². The van der Waals surface area contributed by atoms with Crippen LogP contribution in [0.2, 0.25) is 0 Å². The van der Waals surface area contributed by atoms with E-state index in [4.69, 9.17) is 9.98 Å². The monoisotopic (exact) mass is 873 g/mol. The summed E-state index contributed by atoms with van der Waals surface area (Å²) in [7, 11) is -3.24. The number of allylic oxidation sites excluding steroid dienone is 1. The number of fused-ring (bicyclic) bond motifs is 6. The van der Waals surface area contributed by atoms with E-state index in [9.17, 15) is 0 Å². The highest BCUT2D eigenvalue weighted by Crippen LogP contribution is 2.49. The van der Waals surface area contributed by atoms with Crippen molar-refractivity contribution >= 4 is 101 Å². The standard InChI is InChI=1S/C61H43N5Si/c1-39-40(2)58(63-61(42-22-9-4-10-23-42)62-57(39)41-20-7-3-8-21-41)43-24-19-25-44(38-43)64-53-36-34-49-47-30-15-17-32-51(47)65-59(49)55(53)56-54(64)37-35-50-48-31-16-18-33-52(48)66(60(50)56)67(65,45-26-11-5-12-27-45)46-28-13-6-14-29-46/h3-39H,1-2H3. The van der Waals surface area contributed by atoms with Crippen LogP contribution in [-0.4, -0.2) is 33.0 Å². The quantitative estimate of drug-likeness (QED) is 0.149. The predicted octanol–water partition coefficient (Wildman–Crippen LogP) is 13.3. The molecule has 316 valence electrons. The smallest absolute Gasteiger partial charge is 0.340 e. The van der Waals surface area contributed by atoms with Crippen molar-refractivity contribution in [3.8, 4) is 5.69 Å². The number of aliphatic imine (C=N–C) groups is 2. The lowest BCUT2D eigenvalue weighted by Crippen LogP contribution is -2.69. The Kier molecular flexibility index (Phi) is 8.13. The zero-order chi connectivity index (χ0) is 44.4. The lowest BCUT2D eigenvalue weighted by atomic mass is 9.89. The molecule has 67 heavy (non-hydrogen) atoms. The first-order valence-corrected chi connectivity index (χ1v) is 25.1. The lowest BCUT2D eigenvalue weighted by Gasteiger charge is -2.37. The van der Waals surface area contributed by atoms with E-state index in [1.807, 2.05) is 6.07 Å². The third-order valence-electron chi connectivity index (χ3n) is 14.7. The first-order valence-electron chi connectivity index (χ1n) is 23.3. The van der Waals surface area contributed by atoms with Crippen molar-refractivity contribution in [2.75, 3.05) is 0 Å². The predicted molar refractivity (Wildman–Crippen MR) is 283 cm³/mol. The van der Waals surface area contributed by atoms with Gasteiger partial charge in [-0.05, 0) is 64.8 Å². The average molecular weight is 874 g/mol. The topological polar surface area (TPSA) is 39.5 Å². The number of rotatable bonds is 6. The molecule has 1 atom stereocenters. The van der Waals surface area contributed by atoms with Crippen LogP contribution >= 0.6 is 0 Å². The first kappa shape index (κ1) is 38.0. The molecule has 0 amide bonds. The van der Waals surface area contributed by atoms with Gasteiger partial charge in [-0.3, -0.25) is 0 Å². The Morgan fingerprint density at radius 1 is 0.418 bits per heavy atom.